The maximum atomic E-state index is 5.73. The molecule has 0 aliphatic heterocycles. The number of hydrogen-bond acceptors (Lipinski definition) is 6. The number of imidazole rings is 1. The standard InChI is InChI=1S/C18H21N3O3S/c1-12-16(19-7-6-17(12)24-9-8-22-2)11-25-18-20-14-5-4-13(23-3)10-15(14)21-18/h4-7,10H,8-9,11H2,1-3H3,(H,20,21). The summed E-state index contributed by atoms with van der Waals surface area (Å²) in [6.45, 7) is 3.11. The third-order valence-corrected chi connectivity index (χ3v) is 4.70. The lowest BCUT2D eigenvalue weighted by Crippen LogP contribution is -2.06. The fraction of sp³-hybridized carbons (Fsp3) is 0.333. The second kappa shape index (κ2) is 8.22. The van der Waals surface area contributed by atoms with Gasteiger partial charge in [-0.3, -0.25) is 4.98 Å². The summed E-state index contributed by atoms with van der Waals surface area (Å²) >= 11 is 1.61. The molecule has 0 bridgehead atoms. The second-order valence-corrected chi connectivity index (χ2v) is 6.40. The zero-order valence-corrected chi connectivity index (χ0v) is 15.4. The summed E-state index contributed by atoms with van der Waals surface area (Å²) in [5.41, 5.74) is 3.91. The molecule has 0 saturated heterocycles. The van der Waals surface area contributed by atoms with E-state index in [1.165, 1.54) is 0 Å². The zero-order valence-electron chi connectivity index (χ0n) is 14.5. The number of hydrogen-bond donors (Lipinski definition) is 1. The van der Waals surface area contributed by atoms with Crippen molar-refractivity contribution in [3.63, 3.8) is 0 Å². The molecule has 0 amide bonds. The van der Waals surface area contributed by atoms with Gasteiger partial charge in [0, 0.05) is 30.7 Å². The van der Waals surface area contributed by atoms with Crippen molar-refractivity contribution in [2.45, 2.75) is 17.8 Å². The maximum Gasteiger partial charge on any atom is 0.166 e. The Balaban J connectivity index is 1.69. The van der Waals surface area contributed by atoms with Crippen molar-refractivity contribution < 1.29 is 14.2 Å². The summed E-state index contributed by atoms with van der Waals surface area (Å²) in [6, 6.07) is 7.68. The molecule has 0 aliphatic rings. The minimum Gasteiger partial charge on any atom is -0.497 e. The number of aromatic nitrogens is 3. The fourth-order valence-electron chi connectivity index (χ4n) is 2.39. The highest BCUT2D eigenvalue weighted by Crippen LogP contribution is 2.28. The first kappa shape index (κ1) is 17.6. The normalized spacial score (nSPS) is 11.0. The quantitative estimate of drug-likeness (QED) is 0.490. The highest BCUT2D eigenvalue weighted by molar-refractivity contribution is 7.98. The van der Waals surface area contributed by atoms with Gasteiger partial charge in [0.15, 0.2) is 5.16 Å². The number of methoxy groups -OCH3 is 2. The highest BCUT2D eigenvalue weighted by Gasteiger charge is 2.10. The van der Waals surface area contributed by atoms with Crippen molar-refractivity contribution in [1.29, 1.82) is 0 Å². The molecule has 2 heterocycles. The van der Waals surface area contributed by atoms with Gasteiger partial charge in [-0.1, -0.05) is 11.8 Å². The van der Waals surface area contributed by atoms with Crippen molar-refractivity contribution in [3.05, 3.63) is 41.7 Å². The number of rotatable bonds is 8. The fourth-order valence-corrected chi connectivity index (χ4v) is 3.30. The number of nitrogens with zero attached hydrogens (tertiary/aromatic N) is 2. The van der Waals surface area contributed by atoms with E-state index < -0.39 is 0 Å². The van der Waals surface area contributed by atoms with E-state index in [1.807, 2.05) is 31.2 Å². The van der Waals surface area contributed by atoms with Gasteiger partial charge >= 0.3 is 0 Å². The number of benzene rings is 1. The summed E-state index contributed by atoms with van der Waals surface area (Å²) in [5.74, 6) is 2.37. The van der Waals surface area contributed by atoms with E-state index >= 15 is 0 Å². The molecule has 0 atom stereocenters. The van der Waals surface area contributed by atoms with Crippen LogP contribution in [0, 0.1) is 6.92 Å². The van der Waals surface area contributed by atoms with Crippen LogP contribution in [0.5, 0.6) is 11.5 Å². The van der Waals surface area contributed by atoms with Crippen molar-refractivity contribution in [2.75, 3.05) is 27.4 Å². The van der Waals surface area contributed by atoms with Crippen LogP contribution in [-0.4, -0.2) is 42.4 Å². The monoisotopic (exact) mass is 359 g/mol. The van der Waals surface area contributed by atoms with Crippen LogP contribution in [0.15, 0.2) is 35.6 Å². The summed E-state index contributed by atoms with van der Waals surface area (Å²) in [4.78, 5) is 12.4. The first-order chi connectivity index (χ1) is 12.2. The van der Waals surface area contributed by atoms with E-state index in [4.69, 9.17) is 14.2 Å². The van der Waals surface area contributed by atoms with Gasteiger partial charge in [-0.2, -0.15) is 0 Å². The summed E-state index contributed by atoms with van der Waals surface area (Å²) in [6.07, 6.45) is 1.77. The van der Waals surface area contributed by atoms with Gasteiger partial charge in [0.25, 0.3) is 0 Å². The van der Waals surface area contributed by atoms with Crippen LogP contribution in [0.1, 0.15) is 11.3 Å². The molecule has 25 heavy (non-hydrogen) atoms. The van der Waals surface area contributed by atoms with Crippen molar-refractivity contribution in [1.82, 2.24) is 15.0 Å². The number of pyridine rings is 1. The van der Waals surface area contributed by atoms with Gasteiger partial charge in [0.1, 0.15) is 18.1 Å². The first-order valence-electron chi connectivity index (χ1n) is 7.94. The molecule has 0 fully saturated rings. The maximum absolute atomic E-state index is 5.73. The molecule has 0 spiro atoms. The van der Waals surface area contributed by atoms with Crippen LogP contribution >= 0.6 is 11.8 Å². The lowest BCUT2D eigenvalue weighted by Gasteiger charge is -2.11. The third-order valence-electron chi connectivity index (χ3n) is 3.82. The molecule has 3 rings (SSSR count). The molecular formula is C18H21N3O3S. The number of aromatic amines is 1. The first-order valence-corrected chi connectivity index (χ1v) is 8.92. The molecule has 3 aromatic rings. The topological polar surface area (TPSA) is 69.3 Å². The molecule has 0 aliphatic carbocycles. The van der Waals surface area contributed by atoms with Gasteiger partial charge in [-0.25, -0.2) is 4.98 Å². The van der Waals surface area contributed by atoms with Crippen LogP contribution < -0.4 is 9.47 Å². The third kappa shape index (κ3) is 4.24. The van der Waals surface area contributed by atoms with Crippen LogP contribution in [0.2, 0.25) is 0 Å². The smallest absolute Gasteiger partial charge is 0.166 e. The number of thioether (sulfide) groups is 1. The Labute approximate surface area is 150 Å². The second-order valence-electron chi connectivity index (χ2n) is 5.44. The molecule has 0 radical (unpaired) electrons. The molecule has 1 aromatic carbocycles. The van der Waals surface area contributed by atoms with Gasteiger partial charge in [0.05, 0.1) is 30.4 Å². The Morgan fingerprint density at radius 3 is 2.84 bits per heavy atom. The van der Waals surface area contributed by atoms with Gasteiger partial charge in [-0.05, 0) is 25.1 Å². The minimum absolute atomic E-state index is 0.527. The molecular weight excluding hydrogens is 338 g/mol. The molecule has 0 saturated carbocycles. The van der Waals surface area contributed by atoms with Crippen molar-refractivity contribution >= 4 is 22.8 Å². The minimum atomic E-state index is 0.527. The zero-order chi connectivity index (χ0) is 17.6. The number of fused-ring (bicyclic) bond motifs is 1. The van der Waals surface area contributed by atoms with E-state index in [-0.39, 0.29) is 0 Å². The number of ether oxygens (including phenoxy) is 3. The van der Waals surface area contributed by atoms with Crippen molar-refractivity contribution in [2.24, 2.45) is 0 Å². The van der Waals surface area contributed by atoms with Crippen LogP contribution in [-0.2, 0) is 10.5 Å². The van der Waals surface area contributed by atoms with E-state index in [1.54, 1.807) is 32.2 Å². The van der Waals surface area contributed by atoms with E-state index in [0.29, 0.717) is 19.0 Å². The Morgan fingerprint density at radius 2 is 2.04 bits per heavy atom. The van der Waals surface area contributed by atoms with Gasteiger partial charge in [0.2, 0.25) is 0 Å². The Kier molecular flexibility index (Phi) is 5.78. The Bertz CT molecular complexity index is 851. The van der Waals surface area contributed by atoms with E-state index in [0.717, 1.165) is 38.9 Å². The van der Waals surface area contributed by atoms with Crippen molar-refractivity contribution in [3.8, 4) is 11.5 Å². The molecule has 6 nitrogen and oxygen atoms in total. The Morgan fingerprint density at radius 1 is 1.16 bits per heavy atom. The summed E-state index contributed by atoms with van der Waals surface area (Å²) in [5, 5.41) is 0.857. The molecule has 7 heteroatoms. The van der Waals surface area contributed by atoms with Crippen LogP contribution in [0.25, 0.3) is 11.0 Å². The summed E-state index contributed by atoms with van der Waals surface area (Å²) in [7, 11) is 3.32. The summed E-state index contributed by atoms with van der Waals surface area (Å²) < 4.78 is 16.0. The van der Waals surface area contributed by atoms with Gasteiger partial charge < -0.3 is 19.2 Å². The van der Waals surface area contributed by atoms with E-state index in [2.05, 4.69) is 15.0 Å². The molecule has 2 aromatic heterocycles. The lowest BCUT2D eigenvalue weighted by atomic mass is 10.2. The molecule has 1 N–H and O–H groups in total. The largest absolute Gasteiger partial charge is 0.497 e. The predicted molar refractivity (Wildman–Crippen MR) is 98.6 cm³/mol. The SMILES string of the molecule is COCCOc1ccnc(CSc2nc3ccc(OC)cc3[nH]2)c1C. The average molecular weight is 359 g/mol. The average Bonchev–Trinajstić information content (AvgIpc) is 3.04. The molecule has 132 valence electrons. The Hall–Kier alpha value is -2.25. The lowest BCUT2D eigenvalue weighted by molar-refractivity contribution is 0.146. The van der Waals surface area contributed by atoms with Gasteiger partial charge in [-0.15, -0.1) is 0 Å². The van der Waals surface area contributed by atoms with Crippen LogP contribution in [0.4, 0.5) is 0 Å². The van der Waals surface area contributed by atoms with E-state index in [9.17, 15) is 0 Å². The highest BCUT2D eigenvalue weighted by atomic mass is 32.2. The number of H-pyrrole nitrogens is 1. The van der Waals surface area contributed by atoms with Crippen LogP contribution in [0.3, 0.4) is 0 Å². The predicted octanol–water partition coefficient (Wildman–Crippen LogP) is 3.59. The number of nitrogens with one attached hydrogen (secondary N) is 1. The molecule has 0 unspecified atom stereocenters.